The molecule has 0 spiro atoms. The molecule has 2 heteroatoms. The van der Waals surface area contributed by atoms with E-state index in [9.17, 15) is 4.79 Å². The minimum Gasteiger partial charge on any atom is -0.461 e. The molecule has 0 aliphatic heterocycles. The zero-order valence-electron chi connectivity index (χ0n) is 7.32. The van der Waals surface area contributed by atoms with Crippen LogP contribution in [0.1, 0.15) is 18.4 Å². The van der Waals surface area contributed by atoms with E-state index in [1.165, 1.54) is 0 Å². The molecule has 0 saturated heterocycles. The molecule has 0 amide bonds. The highest BCUT2D eigenvalue weighted by Gasteiger charge is 2.31. The Labute approximate surface area is 77.5 Å². The Kier molecular flexibility index (Phi) is 2.30. The van der Waals surface area contributed by atoms with Gasteiger partial charge in [-0.1, -0.05) is 24.3 Å². The van der Waals surface area contributed by atoms with Crippen LogP contribution in [0.5, 0.6) is 0 Å². The number of carbonyl (C=O) groups excluding carboxylic acids is 1. The molecular weight excluding hydrogens is 164 g/mol. The van der Waals surface area contributed by atoms with Crippen molar-refractivity contribution in [3.63, 3.8) is 0 Å². The molecule has 1 aliphatic rings. The van der Waals surface area contributed by atoms with Crippen LogP contribution in [0.3, 0.4) is 0 Å². The summed E-state index contributed by atoms with van der Waals surface area (Å²) in [5.41, 5.74) is 0.927. The average molecular weight is 175 g/mol. The molecule has 0 N–H and O–H groups in total. The summed E-state index contributed by atoms with van der Waals surface area (Å²) in [5, 5.41) is 0. The van der Waals surface area contributed by atoms with E-state index in [0.717, 1.165) is 18.4 Å². The maximum Gasteiger partial charge on any atom is 0.309 e. The van der Waals surface area contributed by atoms with Crippen LogP contribution >= 0.6 is 0 Å². The first-order chi connectivity index (χ1) is 6.36. The second-order valence-electron chi connectivity index (χ2n) is 3.27. The Hall–Kier alpha value is -1.31. The molecule has 0 atom stereocenters. The summed E-state index contributed by atoms with van der Waals surface area (Å²) in [7, 11) is 0. The molecule has 1 radical (unpaired) electrons. The van der Waals surface area contributed by atoms with Crippen molar-refractivity contribution in [2.75, 3.05) is 0 Å². The van der Waals surface area contributed by atoms with E-state index in [-0.39, 0.29) is 11.9 Å². The van der Waals surface area contributed by atoms with Crippen LogP contribution in [-0.4, -0.2) is 5.97 Å². The minimum atomic E-state index is -0.0581. The van der Waals surface area contributed by atoms with Gasteiger partial charge in [-0.3, -0.25) is 4.79 Å². The number of benzene rings is 1. The highest BCUT2D eigenvalue weighted by Crippen LogP contribution is 2.30. The standard InChI is InChI=1S/C11H11O2/c12-11(10-6-7-10)13-8-9-4-2-1-3-5-9/h1-4,10H,6-8H2. The van der Waals surface area contributed by atoms with Gasteiger partial charge in [0.05, 0.1) is 5.92 Å². The van der Waals surface area contributed by atoms with E-state index in [4.69, 9.17) is 4.74 Å². The quantitative estimate of drug-likeness (QED) is 0.656. The average Bonchev–Trinajstić information content (AvgIpc) is 2.99. The second kappa shape index (κ2) is 3.60. The van der Waals surface area contributed by atoms with Crippen molar-refractivity contribution in [1.82, 2.24) is 0 Å². The molecular formula is C11H11O2. The zero-order chi connectivity index (χ0) is 9.10. The minimum absolute atomic E-state index is 0.0581. The number of ether oxygens (including phenoxy) is 1. The largest absolute Gasteiger partial charge is 0.461 e. The van der Waals surface area contributed by atoms with E-state index in [1.807, 2.05) is 24.3 Å². The molecule has 2 nitrogen and oxygen atoms in total. The lowest BCUT2D eigenvalue weighted by Crippen LogP contribution is -2.06. The Bertz CT molecular complexity index is 288. The van der Waals surface area contributed by atoms with Gasteiger partial charge in [-0.15, -0.1) is 0 Å². The highest BCUT2D eigenvalue weighted by atomic mass is 16.5. The third-order valence-corrected chi connectivity index (χ3v) is 2.05. The SMILES string of the molecule is O=C(OCc1[c]cccc1)C1CC1. The molecule has 0 heterocycles. The van der Waals surface area contributed by atoms with Gasteiger partial charge >= 0.3 is 5.97 Å². The number of carbonyl (C=O) groups is 1. The third-order valence-electron chi connectivity index (χ3n) is 2.05. The van der Waals surface area contributed by atoms with E-state index < -0.39 is 0 Å². The first kappa shape index (κ1) is 8.30. The van der Waals surface area contributed by atoms with Gasteiger partial charge in [-0.2, -0.15) is 0 Å². The zero-order valence-corrected chi connectivity index (χ0v) is 7.32. The van der Waals surface area contributed by atoms with Crippen LogP contribution < -0.4 is 0 Å². The summed E-state index contributed by atoms with van der Waals surface area (Å²) in [6.07, 6.45) is 1.99. The van der Waals surface area contributed by atoms with E-state index in [2.05, 4.69) is 6.07 Å². The number of hydrogen-bond donors (Lipinski definition) is 0. The van der Waals surface area contributed by atoms with Gasteiger partial charge in [0.25, 0.3) is 0 Å². The smallest absolute Gasteiger partial charge is 0.309 e. The van der Waals surface area contributed by atoms with Crippen LogP contribution in [-0.2, 0) is 16.1 Å². The molecule has 1 aromatic carbocycles. The number of esters is 1. The molecule has 67 valence electrons. The van der Waals surface area contributed by atoms with Gasteiger partial charge in [-0.05, 0) is 24.5 Å². The fourth-order valence-electron chi connectivity index (χ4n) is 1.11. The highest BCUT2D eigenvalue weighted by molar-refractivity contribution is 5.74. The number of rotatable bonds is 3. The van der Waals surface area contributed by atoms with Crippen LogP contribution in [0, 0.1) is 12.0 Å². The van der Waals surface area contributed by atoms with Crippen molar-refractivity contribution < 1.29 is 9.53 Å². The second-order valence-corrected chi connectivity index (χ2v) is 3.27. The van der Waals surface area contributed by atoms with E-state index >= 15 is 0 Å². The summed E-state index contributed by atoms with van der Waals surface area (Å²) >= 11 is 0. The van der Waals surface area contributed by atoms with E-state index in [0.29, 0.717) is 6.61 Å². The lowest BCUT2D eigenvalue weighted by Gasteiger charge is -2.02. The van der Waals surface area contributed by atoms with Gasteiger partial charge in [0, 0.05) is 0 Å². The summed E-state index contributed by atoms with van der Waals surface area (Å²) < 4.78 is 5.08. The molecule has 13 heavy (non-hydrogen) atoms. The number of hydrogen-bond acceptors (Lipinski definition) is 2. The van der Waals surface area contributed by atoms with Gasteiger partial charge in [0.1, 0.15) is 6.61 Å². The van der Waals surface area contributed by atoms with E-state index in [1.54, 1.807) is 0 Å². The molecule has 2 rings (SSSR count). The lowest BCUT2D eigenvalue weighted by atomic mass is 10.2. The summed E-state index contributed by atoms with van der Waals surface area (Å²) in [6, 6.07) is 10.5. The van der Waals surface area contributed by atoms with Gasteiger partial charge in [0.15, 0.2) is 0 Å². The van der Waals surface area contributed by atoms with Crippen molar-refractivity contribution in [1.29, 1.82) is 0 Å². The Morgan fingerprint density at radius 2 is 2.38 bits per heavy atom. The fraction of sp³-hybridized carbons (Fsp3) is 0.364. The van der Waals surface area contributed by atoms with Crippen molar-refractivity contribution in [2.24, 2.45) is 5.92 Å². The predicted molar refractivity (Wildman–Crippen MR) is 47.8 cm³/mol. The first-order valence-electron chi connectivity index (χ1n) is 4.48. The molecule has 1 saturated carbocycles. The first-order valence-corrected chi connectivity index (χ1v) is 4.48. The Balaban J connectivity index is 1.82. The third kappa shape index (κ3) is 2.31. The maximum atomic E-state index is 11.1. The maximum absolute atomic E-state index is 11.1. The van der Waals surface area contributed by atoms with Gasteiger partial charge in [0.2, 0.25) is 0 Å². The summed E-state index contributed by atoms with van der Waals surface area (Å²) in [4.78, 5) is 11.1. The molecule has 1 fully saturated rings. The van der Waals surface area contributed by atoms with Crippen molar-refractivity contribution in [3.05, 3.63) is 35.9 Å². The van der Waals surface area contributed by atoms with Crippen LogP contribution in [0.25, 0.3) is 0 Å². The molecule has 0 unspecified atom stereocenters. The summed E-state index contributed by atoms with van der Waals surface area (Å²) in [6.45, 7) is 0.357. The van der Waals surface area contributed by atoms with Crippen molar-refractivity contribution in [2.45, 2.75) is 19.4 Å². The fourth-order valence-corrected chi connectivity index (χ4v) is 1.11. The lowest BCUT2D eigenvalue weighted by molar-refractivity contribution is -0.146. The van der Waals surface area contributed by atoms with Gasteiger partial charge in [-0.25, -0.2) is 0 Å². The normalized spacial score (nSPS) is 15.4. The summed E-state index contributed by atoms with van der Waals surface area (Å²) in [5.74, 6) is 0.126. The Morgan fingerprint density at radius 1 is 1.54 bits per heavy atom. The monoisotopic (exact) mass is 175 g/mol. The van der Waals surface area contributed by atoms with Crippen molar-refractivity contribution in [3.8, 4) is 0 Å². The van der Waals surface area contributed by atoms with Crippen LogP contribution in [0.15, 0.2) is 24.3 Å². The molecule has 1 aromatic rings. The Morgan fingerprint density at radius 3 is 3.00 bits per heavy atom. The van der Waals surface area contributed by atoms with Crippen LogP contribution in [0.2, 0.25) is 0 Å². The molecule has 0 bridgehead atoms. The van der Waals surface area contributed by atoms with Crippen LogP contribution in [0.4, 0.5) is 0 Å². The van der Waals surface area contributed by atoms with Gasteiger partial charge < -0.3 is 4.74 Å². The van der Waals surface area contributed by atoms with Crippen molar-refractivity contribution >= 4 is 5.97 Å². The molecule has 0 aromatic heterocycles. The molecule has 1 aliphatic carbocycles. The predicted octanol–water partition coefficient (Wildman–Crippen LogP) is 1.94. The topological polar surface area (TPSA) is 26.3 Å².